The summed E-state index contributed by atoms with van der Waals surface area (Å²) in [5.41, 5.74) is 22.3. The molecule has 1 atom stereocenters. The van der Waals surface area contributed by atoms with Crippen molar-refractivity contribution in [2.24, 2.45) is 0 Å². The molecule has 1 N–H and O–H groups in total. The number of hydrogen-bond acceptors (Lipinski definition) is 4. The molecule has 2 nitrogen and oxygen atoms in total. The van der Waals surface area contributed by atoms with E-state index >= 15 is 0 Å². The topological polar surface area (TPSA) is 25.2 Å². The molecule has 0 saturated carbocycles. The molecule has 350 valence electrons. The van der Waals surface area contributed by atoms with Gasteiger partial charge < -0.3 is 9.73 Å². The van der Waals surface area contributed by atoms with E-state index < -0.39 is 0 Å². The third-order valence-electron chi connectivity index (χ3n) is 15.5. The Morgan fingerprint density at radius 1 is 0.500 bits per heavy atom. The van der Waals surface area contributed by atoms with Crippen LogP contribution in [0.2, 0.25) is 0 Å². The fourth-order valence-corrected chi connectivity index (χ4v) is 14.0. The molecule has 1 aliphatic heterocycles. The average molecular weight is 966 g/mol. The van der Waals surface area contributed by atoms with E-state index in [0.29, 0.717) is 0 Å². The molecule has 0 saturated heterocycles. The van der Waals surface area contributed by atoms with Crippen molar-refractivity contribution in [1.82, 2.24) is 0 Å². The Bertz CT molecular complexity index is 4120. The molecule has 1 unspecified atom stereocenters. The van der Waals surface area contributed by atoms with E-state index in [0.717, 1.165) is 40.6 Å². The summed E-state index contributed by atoms with van der Waals surface area (Å²) >= 11 is 3.83. The molecule has 3 aromatic heterocycles. The smallest absolute Gasteiger partial charge is 0.193 e. The van der Waals surface area contributed by atoms with Gasteiger partial charge in [-0.1, -0.05) is 169 Å². The van der Waals surface area contributed by atoms with Crippen molar-refractivity contribution in [1.29, 1.82) is 0 Å². The largest absolute Gasteiger partial charge is 0.456 e. The van der Waals surface area contributed by atoms with Crippen molar-refractivity contribution in [2.75, 3.05) is 5.32 Å². The Hall–Kier alpha value is -7.18. The van der Waals surface area contributed by atoms with Gasteiger partial charge in [0.1, 0.15) is 11.2 Å². The molecule has 12 aromatic rings. The second-order valence-corrected chi connectivity index (χ2v) is 24.3. The molecule has 0 aliphatic carbocycles. The lowest BCUT2D eigenvalue weighted by atomic mass is 9.52. The molecular formula is C67H56BNOS2. The van der Waals surface area contributed by atoms with E-state index in [-0.39, 0.29) is 16.7 Å². The van der Waals surface area contributed by atoms with E-state index in [9.17, 15) is 0 Å². The zero-order valence-corrected chi connectivity index (χ0v) is 43.9. The van der Waals surface area contributed by atoms with Gasteiger partial charge >= 0.3 is 0 Å². The minimum Gasteiger partial charge on any atom is -0.456 e. The Balaban J connectivity index is 1.07. The molecule has 0 fully saturated rings. The van der Waals surface area contributed by atoms with Crippen LogP contribution in [0.5, 0.6) is 0 Å². The number of thiophene rings is 2. The number of nitrogens with one attached hydrogen (secondary N) is 1. The summed E-state index contributed by atoms with van der Waals surface area (Å²) in [6, 6.07) is 66.2. The Labute approximate surface area is 431 Å². The van der Waals surface area contributed by atoms with Crippen LogP contribution in [-0.2, 0) is 10.8 Å². The van der Waals surface area contributed by atoms with Crippen LogP contribution >= 0.6 is 22.7 Å². The molecule has 0 radical (unpaired) electrons. The molecule has 72 heavy (non-hydrogen) atoms. The Morgan fingerprint density at radius 2 is 1.17 bits per heavy atom. The number of benzene rings is 9. The first-order valence-electron chi connectivity index (χ1n) is 25.4. The second kappa shape index (κ2) is 16.7. The molecule has 1 aliphatic rings. The number of rotatable bonds is 6. The maximum atomic E-state index is 6.75. The summed E-state index contributed by atoms with van der Waals surface area (Å²) in [5, 5.41) is 10.2. The van der Waals surface area contributed by atoms with Crippen LogP contribution < -0.4 is 16.2 Å². The first kappa shape index (κ1) is 44.7. The third-order valence-corrected chi connectivity index (χ3v) is 17.8. The number of aryl methyl sites for hydroxylation is 1. The molecular weight excluding hydrogens is 910 g/mol. The van der Waals surface area contributed by atoms with Gasteiger partial charge in [-0.2, -0.15) is 0 Å². The number of fused-ring (bicyclic) bond motifs is 9. The summed E-state index contributed by atoms with van der Waals surface area (Å²) < 4.78 is 10.7. The number of furan rings is 1. The predicted octanol–water partition coefficient (Wildman–Crippen LogP) is 18.3. The number of anilines is 2. The van der Waals surface area contributed by atoms with Crippen molar-refractivity contribution in [3.8, 4) is 43.8 Å². The van der Waals surface area contributed by atoms with Crippen LogP contribution in [0.1, 0.15) is 82.2 Å². The van der Waals surface area contributed by atoms with Gasteiger partial charge in [0.2, 0.25) is 0 Å². The Morgan fingerprint density at radius 3 is 1.92 bits per heavy atom. The lowest BCUT2D eigenvalue weighted by Gasteiger charge is -2.31. The summed E-state index contributed by atoms with van der Waals surface area (Å²) in [6.07, 6.45) is 0. The molecule has 4 heterocycles. The predicted molar refractivity (Wildman–Crippen MR) is 316 cm³/mol. The minimum atomic E-state index is -0.00551. The first-order valence-corrected chi connectivity index (χ1v) is 27.1. The van der Waals surface area contributed by atoms with Crippen LogP contribution in [0.15, 0.2) is 180 Å². The quantitative estimate of drug-likeness (QED) is 0.168. The van der Waals surface area contributed by atoms with E-state index in [1.54, 1.807) is 0 Å². The highest BCUT2D eigenvalue weighted by molar-refractivity contribution is 7.25. The van der Waals surface area contributed by atoms with Gasteiger partial charge in [0.15, 0.2) is 7.28 Å². The van der Waals surface area contributed by atoms with Crippen molar-refractivity contribution in [3.05, 3.63) is 204 Å². The van der Waals surface area contributed by atoms with Gasteiger partial charge in [0.05, 0.1) is 5.69 Å². The molecule has 0 spiro atoms. The maximum absolute atomic E-state index is 6.75. The zero-order chi connectivity index (χ0) is 49.2. The van der Waals surface area contributed by atoms with Gasteiger partial charge in [0.25, 0.3) is 0 Å². The average Bonchev–Trinajstić information content (AvgIpc) is 4.05. The highest BCUT2D eigenvalue weighted by atomic mass is 32.1. The minimum absolute atomic E-state index is 0.00551. The summed E-state index contributed by atoms with van der Waals surface area (Å²) in [4.78, 5) is 1.32. The van der Waals surface area contributed by atoms with Crippen LogP contribution in [-0.4, -0.2) is 7.28 Å². The third kappa shape index (κ3) is 7.43. The normalized spacial score (nSPS) is 13.8. The van der Waals surface area contributed by atoms with Gasteiger partial charge in [-0.05, 0) is 134 Å². The van der Waals surface area contributed by atoms with Crippen LogP contribution in [0.4, 0.5) is 11.4 Å². The van der Waals surface area contributed by atoms with Crippen molar-refractivity contribution >= 4 is 104 Å². The monoisotopic (exact) mass is 965 g/mol. The molecule has 5 heteroatoms. The van der Waals surface area contributed by atoms with Crippen molar-refractivity contribution in [2.45, 2.75) is 72.1 Å². The first-order chi connectivity index (χ1) is 34.7. The van der Waals surface area contributed by atoms with E-state index in [2.05, 4.69) is 237 Å². The summed E-state index contributed by atoms with van der Waals surface area (Å²) in [5.74, 6) is 0.110. The highest BCUT2D eigenvalue weighted by Crippen LogP contribution is 2.49. The second-order valence-electron chi connectivity index (χ2n) is 22.2. The fourth-order valence-electron chi connectivity index (χ4n) is 11.6. The van der Waals surface area contributed by atoms with Crippen molar-refractivity contribution < 1.29 is 4.42 Å². The van der Waals surface area contributed by atoms with Crippen molar-refractivity contribution in [3.63, 3.8) is 0 Å². The van der Waals surface area contributed by atoms with E-state index in [1.807, 2.05) is 22.7 Å². The van der Waals surface area contributed by atoms with Gasteiger partial charge in [-0.3, -0.25) is 0 Å². The zero-order valence-electron chi connectivity index (χ0n) is 42.3. The van der Waals surface area contributed by atoms with Gasteiger partial charge in [0, 0.05) is 74.7 Å². The lowest BCUT2D eigenvalue weighted by molar-refractivity contribution is 0.590. The summed E-state index contributed by atoms with van der Waals surface area (Å²) in [7, 11) is 0.815. The van der Waals surface area contributed by atoms with Crippen LogP contribution in [0.3, 0.4) is 0 Å². The SMILES string of the molecule is Cc1cc2c(cc1-c1ccc(-c3cc4c(cc3Nc3ccc(C(C)(C)C)cc3)oc3ccc(C(C)(C)C)cc34)c3c1C(C)c1cc4c(-c5ccccc5)c(-c5ccccc5)sc4cc1B3)sc1ccccc12. The summed E-state index contributed by atoms with van der Waals surface area (Å²) in [6.45, 7) is 18.5. The van der Waals surface area contributed by atoms with E-state index in [1.165, 1.54) is 113 Å². The van der Waals surface area contributed by atoms with Crippen LogP contribution in [0.25, 0.3) is 96.0 Å². The van der Waals surface area contributed by atoms with Crippen LogP contribution in [0, 0.1) is 6.92 Å². The lowest BCUT2D eigenvalue weighted by Crippen LogP contribution is -2.40. The highest BCUT2D eigenvalue weighted by Gasteiger charge is 2.32. The molecule has 0 bridgehead atoms. The fraction of sp³-hybridized carbons (Fsp3) is 0.164. The number of hydrogen-bond donors (Lipinski definition) is 1. The van der Waals surface area contributed by atoms with Gasteiger partial charge in [-0.15, -0.1) is 22.7 Å². The van der Waals surface area contributed by atoms with E-state index in [4.69, 9.17) is 4.42 Å². The molecule has 9 aromatic carbocycles. The van der Waals surface area contributed by atoms with Gasteiger partial charge in [-0.25, -0.2) is 0 Å². The standard InChI is InChI=1S/C67H56BNOS2/c1-38-31-53-45-21-15-16-22-59(45)71-60(53)35-48(38)46-28-29-47(50-34-52-51-32-43(67(6,7)8)25-30-57(51)70-58(52)37-56(50)69-44-26-23-42(24-27-44)66(3,4)5)64-62(46)39(2)49-33-54-61(36-55(49)68-64)72-65(41-19-13-10-14-20-41)63(54)40-17-11-9-12-18-40/h9-37,39,68-69H,1-8H3. The molecule has 0 amide bonds. The Kier molecular flexibility index (Phi) is 10.4. The molecule has 13 rings (SSSR count). The maximum Gasteiger partial charge on any atom is 0.193 e.